The molecule has 0 fully saturated rings. The van der Waals surface area contributed by atoms with E-state index in [0.717, 1.165) is 12.8 Å². The van der Waals surface area contributed by atoms with Crippen molar-refractivity contribution in [3.63, 3.8) is 0 Å². The molecule has 0 aliphatic carbocycles. The number of hydrogen-bond donors (Lipinski definition) is 2. The topological polar surface area (TPSA) is 69.6 Å². The monoisotopic (exact) mass is 272 g/mol. The van der Waals surface area contributed by atoms with Gasteiger partial charge in [0, 0.05) is 12.6 Å². The van der Waals surface area contributed by atoms with Crippen molar-refractivity contribution in [1.29, 1.82) is 0 Å². The Kier molecular flexibility index (Phi) is 6.87. The highest BCUT2D eigenvalue weighted by Gasteiger charge is 2.37. The Balaban J connectivity index is 4.57. The van der Waals surface area contributed by atoms with Crippen LogP contribution in [0.25, 0.3) is 0 Å². The third-order valence-corrected chi connectivity index (χ3v) is 3.31. The van der Waals surface area contributed by atoms with Gasteiger partial charge >= 0.3 is 12.0 Å². The molecule has 0 rings (SSSR count). The van der Waals surface area contributed by atoms with Gasteiger partial charge in [-0.15, -0.1) is 0 Å². The van der Waals surface area contributed by atoms with Crippen LogP contribution in [0.15, 0.2) is 0 Å². The summed E-state index contributed by atoms with van der Waals surface area (Å²) in [5.41, 5.74) is -1.20. The Morgan fingerprint density at radius 1 is 1.21 bits per heavy atom. The maximum Gasteiger partial charge on any atom is 0.329 e. The van der Waals surface area contributed by atoms with E-state index in [9.17, 15) is 14.7 Å². The van der Waals surface area contributed by atoms with Gasteiger partial charge in [0.1, 0.15) is 5.54 Å². The number of nitrogens with zero attached hydrogens (tertiary/aromatic N) is 1. The molecule has 19 heavy (non-hydrogen) atoms. The first kappa shape index (κ1) is 17.7. The van der Waals surface area contributed by atoms with Crippen LogP contribution in [0.3, 0.4) is 0 Å². The molecule has 0 aromatic rings. The van der Waals surface area contributed by atoms with Gasteiger partial charge in [-0.05, 0) is 46.5 Å². The summed E-state index contributed by atoms with van der Waals surface area (Å²) in [6.45, 7) is 11.4. The Bertz CT molecular complexity index is 314. The molecule has 0 aliphatic rings. The lowest BCUT2D eigenvalue weighted by atomic mass is 10.0. The minimum Gasteiger partial charge on any atom is -0.480 e. The van der Waals surface area contributed by atoms with Crippen LogP contribution in [0.4, 0.5) is 4.79 Å². The summed E-state index contributed by atoms with van der Waals surface area (Å²) < 4.78 is 0. The average Bonchev–Trinajstić information content (AvgIpc) is 2.26. The molecule has 2 amide bonds. The summed E-state index contributed by atoms with van der Waals surface area (Å²) in [4.78, 5) is 24.7. The Morgan fingerprint density at radius 3 is 2.11 bits per heavy atom. The highest BCUT2D eigenvalue weighted by molar-refractivity contribution is 5.85. The van der Waals surface area contributed by atoms with Crippen molar-refractivity contribution in [3.05, 3.63) is 0 Å². The molecule has 0 spiro atoms. The first-order chi connectivity index (χ1) is 8.62. The van der Waals surface area contributed by atoms with E-state index in [2.05, 4.69) is 19.2 Å². The van der Waals surface area contributed by atoms with Crippen molar-refractivity contribution in [3.8, 4) is 0 Å². The summed E-state index contributed by atoms with van der Waals surface area (Å²) >= 11 is 0. The van der Waals surface area contributed by atoms with E-state index in [1.807, 2.05) is 6.92 Å². The SMILES string of the molecule is CCN(C(=O)NC(C)CCC(C)C)C(C)(C)C(=O)O. The summed E-state index contributed by atoms with van der Waals surface area (Å²) in [5, 5.41) is 12.1. The van der Waals surface area contributed by atoms with Crippen molar-refractivity contribution in [2.24, 2.45) is 5.92 Å². The second kappa shape index (κ2) is 7.36. The quantitative estimate of drug-likeness (QED) is 0.748. The van der Waals surface area contributed by atoms with Crippen molar-refractivity contribution in [1.82, 2.24) is 10.2 Å². The molecule has 0 radical (unpaired) electrons. The lowest BCUT2D eigenvalue weighted by molar-refractivity contribution is -0.147. The van der Waals surface area contributed by atoms with E-state index in [1.165, 1.54) is 18.7 Å². The van der Waals surface area contributed by atoms with E-state index in [0.29, 0.717) is 12.5 Å². The summed E-state index contributed by atoms with van der Waals surface area (Å²) in [7, 11) is 0. The molecular weight excluding hydrogens is 244 g/mol. The molecule has 0 heterocycles. The highest BCUT2D eigenvalue weighted by atomic mass is 16.4. The molecule has 0 bridgehead atoms. The van der Waals surface area contributed by atoms with Crippen LogP contribution in [-0.2, 0) is 4.79 Å². The van der Waals surface area contributed by atoms with Crippen LogP contribution in [0.2, 0.25) is 0 Å². The molecule has 0 aromatic carbocycles. The van der Waals surface area contributed by atoms with Gasteiger partial charge in [0.15, 0.2) is 0 Å². The van der Waals surface area contributed by atoms with Crippen LogP contribution in [0.5, 0.6) is 0 Å². The predicted molar refractivity (Wildman–Crippen MR) is 76.2 cm³/mol. The lowest BCUT2D eigenvalue weighted by Gasteiger charge is -2.35. The van der Waals surface area contributed by atoms with Gasteiger partial charge in [-0.25, -0.2) is 9.59 Å². The second-order valence-electron chi connectivity index (χ2n) is 5.93. The molecule has 5 nitrogen and oxygen atoms in total. The van der Waals surface area contributed by atoms with Gasteiger partial charge in [-0.1, -0.05) is 13.8 Å². The summed E-state index contributed by atoms with van der Waals surface area (Å²) in [6, 6.07) is -0.264. The molecule has 0 aliphatic heterocycles. The largest absolute Gasteiger partial charge is 0.480 e. The number of carboxylic acids is 1. The van der Waals surface area contributed by atoms with Crippen molar-refractivity contribution < 1.29 is 14.7 Å². The number of carbonyl (C=O) groups is 2. The highest BCUT2D eigenvalue weighted by Crippen LogP contribution is 2.15. The van der Waals surface area contributed by atoms with Crippen LogP contribution >= 0.6 is 0 Å². The predicted octanol–water partition coefficient (Wildman–Crippen LogP) is 2.71. The molecule has 0 saturated carbocycles. The van der Waals surface area contributed by atoms with E-state index in [-0.39, 0.29) is 12.1 Å². The van der Waals surface area contributed by atoms with Gasteiger partial charge < -0.3 is 15.3 Å². The van der Waals surface area contributed by atoms with E-state index in [4.69, 9.17) is 0 Å². The van der Waals surface area contributed by atoms with Crippen molar-refractivity contribution in [2.75, 3.05) is 6.54 Å². The van der Waals surface area contributed by atoms with E-state index < -0.39 is 11.5 Å². The molecule has 0 aromatic heterocycles. The number of likely N-dealkylation sites (N-methyl/N-ethyl adjacent to an activating group) is 1. The third kappa shape index (κ3) is 5.49. The Hall–Kier alpha value is -1.26. The number of rotatable bonds is 7. The number of carbonyl (C=O) groups excluding carboxylic acids is 1. The first-order valence-electron chi connectivity index (χ1n) is 6.94. The van der Waals surface area contributed by atoms with E-state index in [1.54, 1.807) is 6.92 Å². The fraction of sp³-hybridized carbons (Fsp3) is 0.857. The molecule has 0 saturated heterocycles. The summed E-state index contributed by atoms with van der Waals surface area (Å²) in [6.07, 6.45) is 1.93. The number of carboxylic acid groups (broad SMARTS) is 1. The lowest BCUT2D eigenvalue weighted by Crippen LogP contribution is -2.57. The zero-order valence-electron chi connectivity index (χ0n) is 13.0. The van der Waals surface area contributed by atoms with Gasteiger partial charge in [0.25, 0.3) is 0 Å². The minimum atomic E-state index is -1.20. The van der Waals surface area contributed by atoms with Gasteiger partial charge in [-0.2, -0.15) is 0 Å². The Morgan fingerprint density at radius 2 is 1.74 bits per heavy atom. The summed E-state index contributed by atoms with van der Waals surface area (Å²) in [5.74, 6) is -0.406. The Labute approximate surface area is 116 Å². The average molecular weight is 272 g/mol. The van der Waals surface area contributed by atoms with E-state index >= 15 is 0 Å². The molecule has 5 heteroatoms. The smallest absolute Gasteiger partial charge is 0.329 e. The second-order valence-corrected chi connectivity index (χ2v) is 5.93. The third-order valence-electron chi connectivity index (χ3n) is 3.31. The number of nitrogens with one attached hydrogen (secondary N) is 1. The van der Waals surface area contributed by atoms with Crippen molar-refractivity contribution in [2.45, 2.75) is 66.0 Å². The fourth-order valence-corrected chi connectivity index (χ4v) is 1.85. The number of urea groups is 1. The maximum atomic E-state index is 12.1. The van der Waals surface area contributed by atoms with Crippen molar-refractivity contribution >= 4 is 12.0 Å². The minimum absolute atomic E-state index is 0.0496. The molecule has 2 N–H and O–H groups in total. The fourth-order valence-electron chi connectivity index (χ4n) is 1.85. The zero-order chi connectivity index (χ0) is 15.2. The number of amides is 2. The molecule has 112 valence electrons. The molecule has 1 unspecified atom stereocenters. The van der Waals surface area contributed by atoms with Gasteiger partial charge in [0.05, 0.1) is 0 Å². The first-order valence-corrected chi connectivity index (χ1v) is 6.94. The van der Waals surface area contributed by atoms with Crippen LogP contribution in [-0.4, -0.2) is 40.1 Å². The molecular formula is C14H28N2O3. The normalized spacial score (nSPS) is 13.2. The van der Waals surface area contributed by atoms with Gasteiger partial charge in [-0.3, -0.25) is 0 Å². The van der Waals surface area contributed by atoms with Crippen LogP contribution < -0.4 is 5.32 Å². The van der Waals surface area contributed by atoms with Crippen LogP contribution in [0.1, 0.15) is 54.4 Å². The molecule has 1 atom stereocenters. The van der Waals surface area contributed by atoms with Gasteiger partial charge in [0.2, 0.25) is 0 Å². The number of hydrogen-bond acceptors (Lipinski definition) is 2. The zero-order valence-corrected chi connectivity index (χ0v) is 13.0. The van der Waals surface area contributed by atoms with Crippen LogP contribution in [0, 0.1) is 5.92 Å². The maximum absolute atomic E-state index is 12.1. The standard InChI is InChI=1S/C14H28N2O3/c1-7-16(14(5,6)12(17)18)13(19)15-11(4)9-8-10(2)3/h10-11H,7-9H2,1-6H3,(H,15,19)(H,17,18). The number of aliphatic carboxylic acids is 1.